The summed E-state index contributed by atoms with van der Waals surface area (Å²) >= 11 is 0. The summed E-state index contributed by atoms with van der Waals surface area (Å²) in [7, 11) is 0. The molecule has 3 aromatic rings. The summed E-state index contributed by atoms with van der Waals surface area (Å²) in [6.07, 6.45) is 2.54. The monoisotopic (exact) mass is 378 g/mol. The highest BCUT2D eigenvalue weighted by Gasteiger charge is 2.23. The molecule has 1 atom stereocenters. The van der Waals surface area contributed by atoms with Crippen molar-refractivity contribution in [2.75, 3.05) is 18.0 Å². The van der Waals surface area contributed by atoms with Crippen LogP contribution in [0.15, 0.2) is 30.3 Å². The number of aryl methyl sites for hydroxylation is 2. The van der Waals surface area contributed by atoms with Gasteiger partial charge in [0.1, 0.15) is 17.2 Å². The number of benzene rings is 1. The van der Waals surface area contributed by atoms with Crippen LogP contribution < -0.4 is 4.90 Å². The van der Waals surface area contributed by atoms with Gasteiger partial charge in [0, 0.05) is 24.3 Å². The maximum atomic E-state index is 9.44. The lowest BCUT2D eigenvalue weighted by Gasteiger charge is -2.32. The summed E-state index contributed by atoms with van der Waals surface area (Å²) in [4.78, 5) is 25.2. The molecule has 4 rings (SSSR count). The number of rotatable bonds is 2. The smallest absolute Gasteiger partial charge is 0.163 e. The van der Waals surface area contributed by atoms with Gasteiger partial charge in [0.25, 0.3) is 0 Å². The van der Waals surface area contributed by atoms with Crippen molar-refractivity contribution in [2.24, 2.45) is 5.92 Å². The lowest BCUT2D eigenvalue weighted by atomic mass is 10.00. The average molecular weight is 379 g/mol. The van der Waals surface area contributed by atoms with E-state index in [1.165, 1.54) is 43.3 Å². The molecule has 1 N–H and O–H groups in total. The van der Waals surface area contributed by atoms with E-state index < -0.39 is 0 Å². The number of hydrogen-bond donors (Lipinski definition) is 1. The van der Waals surface area contributed by atoms with Crippen LogP contribution in [0.1, 0.15) is 44.9 Å². The molecular formula is C23H30N4O. The molecule has 0 saturated carbocycles. The van der Waals surface area contributed by atoms with Crippen LogP contribution in [-0.4, -0.2) is 33.8 Å². The van der Waals surface area contributed by atoms with E-state index >= 15 is 0 Å². The van der Waals surface area contributed by atoms with Crippen molar-refractivity contribution in [3.63, 3.8) is 0 Å². The van der Waals surface area contributed by atoms with Gasteiger partial charge in [-0.15, -0.1) is 0 Å². The van der Waals surface area contributed by atoms with Gasteiger partial charge in [-0.1, -0.05) is 37.3 Å². The van der Waals surface area contributed by atoms with E-state index in [4.69, 9.17) is 9.97 Å². The molecule has 28 heavy (non-hydrogen) atoms. The normalized spacial score (nSPS) is 16.6. The number of nitrogens with one attached hydrogen (secondary N) is 1. The van der Waals surface area contributed by atoms with E-state index in [1.807, 2.05) is 18.2 Å². The standard InChI is InChI=1S/C20H24N4.C3H6O/c1-13-8-7-11-24(12-13)20-17-14(2)15(3)21-19(17)22-18(23-20)16-9-5-4-6-10-16;1-3(2)4/h4-6,9-10,13H,7-8,11-12H2,1-3H3,(H,21,22,23);1-2H3. The van der Waals surface area contributed by atoms with Gasteiger partial charge in [-0.3, -0.25) is 0 Å². The lowest BCUT2D eigenvalue weighted by molar-refractivity contribution is -0.114. The van der Waals surface area contributed by atoms with E-state index in [2.05, 4.69) is 42.8 Å². The fraction of sp³-hybridized carbons (Fsp3) is 0.435. The van der Waals surface area contributed by atoms with Crippen LogP contribution in [0.4, 0.5) is 5.82 Å². The first-order chi connectivity index (χ1) is 13.4. The number of carbonyl (C=O) groups is 1. The Morgan fingerprint density at radius 1 is 1.14 bits per heavy atom. The highest BCUT2D eigenvalue weighted by molar-refractivity contribution is 5.93. The van der Waals surface area contributed by atoms with Crippen LogP contribution in [0.3, 0.4) is 0 Å². The van der Waals surface area contributed by atoms with Gasteiger partial charge >= 0.3 is 0 Å². The number of anilines is 1. The molecule has 1 unspecified atom stereocenters. The Kier molecular flexibility index (Phi) is 6.12. The van der Waals surface area contributed by atoms with E-state index in [1.54, 1.807) is 0 Å². The molecule has 0 radical (unpaired) electrons. The maximum Gasteiger partial charge on any atom is 0.163 e. The molecule has 0 spiro atoms. The number of carbonyl (C=O) groups excluding carboxylic acids is 1. The van der Waals surface area contributed by atoms with Gasteiger partial charge in [-0.2, -0.15) is 0 Å². The molecule has 5 nitrogen and oxygen atoms in total. The number of aromatic nitrogens is 3. The van der Waals surface area contributed by atoms with Crippen LogP contribution in [0.25, 0.3) is 22.4 Å². The van der Waals surface area contributed by atoms with Crippen molar-refractivity contribution in [2.45, 2.75) is 47.5 Å². The fourth-order valence-electron chi connectivity index (χ4n) is 3.67. The molecule has 1 aromatic carbocycles. The zero-order chi connectivity index (χ0) is 20.3. The van der Waals surface area contributed by atoms with E-state index in [0.717, 1.165) is 35.9 Å². The minimum absolute atomic E-state index is 0.167. The zero-order valence-corrected chi connectivity index (χ0v) is 17.5. The number of fused-ring (bicyclic) bond motifs is 1. The third-order valence-electron chi connectivity index (χ3n) is 5.12. The van der Waals surface area contributed by atoms with Crippen LogP contribution >= 0.6 is 0 Å². The minimum atomic E-state index is 0.167. The Hall–Kier alpha value is -2.69. The average Bonchev–Trinajstić information content (AvgIpc) is 2.95. The van der Waals surface area contributed by atoms with Crippen LogP contribution in [0, 0.1) is 19.8 Å². The Bertz CT molecular complexity index is 958. The summed E-state index contributed by atoms with van der Waals surface area (Å²) in [6, 6.07) is 10.3. The van der Waals surface area contributed by atoms with Gasteiger partial charge in [-0.25, -0.2) is 9.97 Å². The number of Topliss-reactive ketones (excluding diaryl/α,β-unsaturated/α-hetero) is 1. The Labute approximate surface area is 167 Å². The summed E-state index contributed by atoms with van der Waals surface area (Å²) < 4.78 is 0. The first-order valence-electron chi connectivity index (χ1n) is 10.0. The molecule has 1 fully saturated rings. The van der Waals surface area contributed by atoms with Gasteiger partial charge < -0.3 is 14.7 Å². The Morgan fingerprint density at radius 2 is 1.82 bits per heavy atom. The second-order valence-corrected chi connectivity index (χ2v) is 7.94. The van der Waals surface area contributed by atoms with E-state index in [-0.39, 0.29) is 5.78 Å². The van der Waals surface area contributed by atoms with Crippen LogP contribution in [0.2, 0.25) is 0 Å². The second-order valence-electron chi connectivity index (χ2n) is 7.94. The maximum absolute atomic E-state index is 9.44. The molecule has 1 saturated heterocycles. The Balaban J connectivity index is 0.000000516. The number of aromatic amines is 1. The SMILES string of the molecule is CC(C)=O.Cc1[nH]c2nc(-c3ccccc3)nc(N3CCCC(C)C3)c2c1C. The largest absolute Gasteiger partial charge is 0.356 e. The van der Waals surface area contributed by atoms with Gasteiger partial charge in [0.2, 0.25) is 0 Å². The number of ketones is 1. The summed E-state index contributed by atoms with van der Waals surface area (Å²) in [5.74, 6) is 2.77. The van der Waals surface area contributed by atoms with Crippen molar-refractivity contribution in [1.29, 1.82) is 0 Å². The molecule has 148 valence electrons. The first kappa shape index (κ1) is 20.1. The van der Waals surface area contributed by atoms with Crippen molar-refractivity contribution in [1.82, 2.24) is 15.0 Å². The molecular weight excluding hydrogens is 348 g/mol. The van der Waals surface area contributed by atoms with Gasteiger partial charge in [-0.05, 0) is 52.0 Å². The van der Waals surface area contributed by atoms with E-state index in [0.29, 0.717) is 5.92 Å². The molecule has 2 aromatic heterocycles. The lowest BCUT2D eigenvalue weighted by Crippen LogP contribution is -2.35. The van der Waals surface area contributed by atoms with Crippen molar-refractivity contribution in [3.05, 3.63) is 41.6 Å². The predicted molar refractivity (Wildman–Crippen MR) is 116 cm³/mol. The molecule has 3 heterocycles. The number of nitrogens with zero attached hydrogens (tertiary/aromatic N) is 3. The number of piperidine rings is 1. The minimum Gasteiger partial charge on any atom is -0.356 e. The first-order valence-corrected chi connectivity index (χ1v) is 10.0. The number of hydrogen-bond acceptors (Lipinski definition) is 4. The number of H-pyrrole nitrogens is 1. The quantitative estimate of drug-likeness (QED) is 0.676. The summed E-state index contributed by atoms with van der Waals surface area (Å²) in [5.41, 5.74) is 4.45. The van der Waals surface area contributed by atoms with Crippen molar-refractivity contribution < 1.29 is 4.79 Å². The summed E-state index contributed by atoms with van der Waals surface area (Å²) in [6.45, 7) is 11.8. The van der Waals surface area contributed by atoms with Crippen LogP contribution in [-0.2, 0) is 4.79 Å². The third kappa shape index (κ3) is 4.41. The van der Waals surface area contributed by atoms with Crippen molar-refractivity contribution >= 4 is 22.6 Å². The molecule has 0 amide bonds. The molecule has 0 bridgehead atoms. The second kappa shape index (κ2) is 8.55. The Morgan fingerprint density at radius 3 is 2.46 bits per heavy atom. The predicted octanol–water partition coefficient (Wildman–Crippen LogP) is 5.07. The van der Waals surface area contributed by atoms with Gasteiger partial charge in [0.05, 0.1) is 5.39 Å². The molecule has 5 heteroatoms. The topological polar surface area (TPSA) is 61.9 Å². The summed E-state index contributed by atoms with van der Waals surface area (Å²) in [5, 5.41) is 1.18. The highest BCUT2D eigenvalue weighted by atomic mass is 16.1. The molecule has 1 aliphatic rings. The highest BCUT2D eigenvalue weighted by Crippen LogP contribution is 2.33. The van der Waals surface area contributed by atoms with Crippen LogP contribution in [0.5, 0.6) is 0 Å². The molecule has 1 aliphatic heterocycles. The fourth-order valence-corrected chi connectivity index (χ4v) is 3.67. The zero-order valence-electron chi connectivity index (χ0n) is 17.5. The molecule has 0 aliphatic carbocycles. The van der Waals surface area contributed by atoms with Crippen molar-refractivity contribution in [3.8, 4) is 11.4 Å². The van der Waals surface area contributed by atoms with Gasteiger partial charge in [0.15, 0.2) is 5.82 Å². The van der Waals surface area contributed by atoms with E-state index in [9.17, 15) is 4.79 Å². The third-order valence-corrected chi connectivity index (χ3v) is 5.12.